The molecule has 1 aromatic rings. The largest absolute Gasteiger partial charge is 0.493 e. The minimum atomic E-state index is -2.47. The third-order valence-corrected chi connectivity index (χ3v) is 7.05. The highest BCUT2D eigenvalue weighted by Gasteiger charge is 2.23. The number of carboxylic acid groups (broad SMARTS) is 1. The van der Waals surface area contributed by atoms with Crippen LogP contribution < -0.4 is 9.47 Å². The van der Waals surface area contributed by atoms with E-state index in [1.165, 1.54) is 0 Å². The van der Waals surface area contributed by atoms with Crippen molar-refractivity contribution in [3.63, 3.8) is 0 Å². The molecule has 1 rings (SSSR count). The molecule has 0 amide bonds. The fraction of sp³-hybridized carbons (Fsp3) is 0.550. The lowest BCUT2D eigenvalue weighted by Gasteiger charge is -2.09. The fourth-order valence-corrected chi connectivity index (χ4v) is 4.76. The zero-order valence-electron chi connectivity index (χ0n) is 16.5. The van der Waals surface area contributed by atoms with Gasteiger partial charge in [-0.15, -0.1) is 33.2 Å². The van der Waals surface area contributed by atoms with Gasteiger partial charge in [0.05, 0.1) is 14.2 Å². The van der Waals surface area contributed by atoms with Crippen LogP contribution in [0.25, 0.3) is 6.08 Å². The highest BCUT2D eigenvalue weighted by molar-refractivity contribution is 7.64. The van der Waals surface area contributed by atoms with Crippen LogP contribution in [0.1, 0.15) is 56.9 Å². The average molecular weight is 468 g/mol. The molecule has 0 atom stereocenters. The van der Waals surface area contributed by atoms with E-state index in [0.29, 0.717) is 23.5 Å². The zero-order valence-corrected chi connectivity index (χ0v) is 19.7. The van der Waals surface area contributed by atoms with E-state index in [9.17, 15) is 9.90 Å². The number of methoxy groups -OCH3 is 2. The Labute approximate surface area is 182 Å². The first kappa shape index (κ1) is 25.2. The number of rotatable bonds is 14. The lowest BCUT2D eigenvalue weighted by atomic mass is 10.0. The summed E-state index contributed by atoms with van der Waals surface area (Å²) in [7, 11) is 3.13. The van der Waals surface area contributed by atoms with E-state index < -0.39 is 12.0 Å². The molecule has 1 N–H and O–H groups in total. The molecule has 0 saturated heterocycles. The van der Waals surface area contributed by atoms with E-state index in [-0.39, 0.29) is 0 Å². The Kier molecular flexibility index (Phi) is 12.0. The molecule has 0 aliphatic rings. The number of aliphatic carboxylic acids is 1. The van der Waals surface area contributed by atoms with Crippen LogP contribution in [0.2, 0.25) is 6.04 Å². The zero-order chi connectivity index (χ0) is 21.0. The maximum absolute atomic E-state index is 11.5. The van der Waals surface area contributed by atoms with Crippen molar-refractivity contribution >= 4 is 51.3 Å². The molecule has 28 heavy (non-hydrogen) atoms. The maximum atomic E-state index is 11.5. The van der Waals surface area contributed by atoms with Crippen molar-refractivity contribution in [1.82, 2.24) is 0 Å². The lowest BCUT2D eigenvalue weighted by Crippen LogP contribution is -2.07. The second-order valence-corrected chi connectivity index (χ2v) is 16.0. The molecule has 0 aliphatic carbocycles. The Balaban J connectivity index is 2.39. The molecule has 0 radical (unpaired) electrons. The first-order chi connectivity index (χ1) is 13.3. The van der Waals surface area contributed by atoms with E-state index in [2.05, 4.69) is 0 Å². The molecule has 0 fully saturated rings. The van der Waals surface area contributed by atoms with Gasteiger partial charge in [0, 0.05) is 5.57 Å². The van der Waals surface area contributed by atoms with Crippen molar-refractivity contribution in [3.05, 3.63) is 29.3 Å². The number of ether oxygens (including phenoxy) is 2. The molecular weight excluding hydrogens is 439 g/mol. The summed E-state index contributed by atoms with van der Waals surface area (Å²) in [5.74, 6) is 0.316. The quantitative estimate of drug-likeness (QED) is 0.139. The lowest BCUT2D eigenvalue weighted by molar-refractivity contribution is -0.132. The van der Waals surface area contributed by atoms with E-state index in [4.69, 9.17) is 42.7 Å². The predicted octanol–water partition coefficient (Wildman–Crippen LogP) is 6.95. The summed E-state index contributed by atoms with van der Waals surface area (Å²) in [5, 5.41) is 9.47. The molecule has 0 saturated carbocycles. The summed E-state index contributed by atoms with van der Waals surface area (Å²) in [6.07, 6.45) is 9.51. The van der Waals surface area contributed by atoms with E-state index in [1.54, 1.807) is 32.4 Å². The molecule has 1 aromatic carbocycles. The molecule has 0 aliphatic heterocycles. The van der Waals surface area contributed by atoms with Crippen LogP contribution in [0.5, 0.6) is 11.5 Å². The third kappa shape index (κ3) is 10.6. The number of unbranched alkanes of at least 4 members (excludes halogenated alkanes) is 6. The normalized spacial score (nSPS) is 12.1. The predicted molar refractivity (Wildman–Crippen MR) is 120 cm³/mol. The summed E-state index contributed by atoms with van der Waals surface area (Å²) in [6.45, 7) is 0. The van der Waals surface area contributed by atoms with Crippen LogP contribution >= 0.6 is 33.2 Å². The monoisotopic (exact) mass is 466 g/mol. The van der Waals surface area contributed by atoms with Crippen LogP contribution in [0.15, 0.2) is 23.8 Å². The Bertz CT molecular complexity index is 645. The Morgan fingerprint density at radius 1 is 0.964 bits per heavy atom. The van der Waals surface area contributed by atoms with Crippen LogP contribution in [0, 0.1) is 0 Å². The van der Waals surface area contributed by atoms with Crippen molar-refractivity contribution in [3.8, 4) is 11.5 Å². The molecule has 0 aromatic heterocycles. The smallest absolute Gasteiger partial charge is 0.341 e. The molecule has 0 unspecified atom stereocenters. The number of carboxylic acids is 1. The first-order valence-corrected chi connectivity index (χ1v) is 14.7. The van der Waals surface area contributed by atoms with Gasteiger partial charge in [-0.2, -0.15) is 0 Å². The molecule has 8 heteroatoms. The van der Waals surface area contributed by atoms with Crippen molar-refractivity contribution in [2.45, 2.75) is 57.4 Å². The molecule has 0 spiro atoms. The summed E-state index contributed by atoms with van der Waals surface area (Å²) in [5.41, 5.74) is 1.19. The Morgan fingerprint density at radius 3 is 2.07 bits per heavy atom. The van der Waals surface area contributed by atoms with Gasteiger partial charge < -0.3 is 14.6 Å². The standard InChI is InChI=1S/C20H29Cl3O4Si/c1-26-18-12-11-16(15-19(18)27-2)14-17(20(24)25)10-8-6-4-3-5-7-9-13-28(21,22)23/h11-12,14-15H,3-10,13H2,1-2H3,(H,24,25)/b17-14+. The number of hydrogen-bond donors (Lipinski definition) is 1. The Morgan fingerprint density at radius 2 is 1.54 bits per heavy atom. The second kappa shape index (κ2) is 13.4. The molecule has 4 nitrogen and oxygen atoms in total. The number of benzene rings is 1. The van der Waals surface area contributed by atoms with Crippen LogP contribution in [-0.4, -0.2) is 31.3 Å². The average Bonchev–Trinajstić information content (AvgIpc) is 2.64. The van der Waals surface area contributed by atoms with Gasteiger partial charge in [0.2, 0.25) is 0 Å². The molecule has 0 heterocycles. The topological polar surface area (TPSA) is 55.8 Å². The van der Waals surface area contributed by atoms with Crippen molar-refractivity contribution < 1.29 is 19.4 Å². The minimum Gasteiger partial charge on any atom is -0.493 e. The van der Waals surface area contributed by atoms with Gasteiger partial charge in [-0.3, -0.25) is 0 Å². The maximum Gasteiger partial charge on any atom is 0.341 e. The van der Waals surface area contributed by atoms with Gasteiger partial charge in [-0.05, 0) is 42.7 Å². The van der Waals surface area contributed by atoms with Gasteiger partial charge in [-0.1, -0.05) is 44.6 Å². The van der Waals surface area contributed by atoms with E-state index in [0.717, 1.165) is 56.6 Å². The van der Waals surface area contributed by atoms with Crippen molar-refractivity contribution in [1.29, 1.82) is 0 Å². The van der Waals surface area contributed by atoms with Crippen molar-refractivity contribution in [2.24, 2.45) is 0 Å². The van der Waals surface area contributed by atoms with Gasteiger partial charge in [0.15, 0.2) is 11.5 Å². The van der Waals surface area contributed by atoms with Gasteiger partial charge in [0.1, 0.15) is 0 Å². The summed E-state index contributed by atoms with van der Waals surface area (Å²) in [4.78, 5) is 11.5. The van der Waals surface area contributed by atoms with Crippen LogP contribution in [0.3, 0.4) is 0 Å². The second-order valence-electron chi connectivity index (χ2n) is 6.68. The van der Waals surface area contributed by atoms with Crippen LogP contribution in [0.4, 0.5) is 0 Å². The molecule has 158 valence electrons. The van der Waals surface area contributed by atoms with Crippen molar-refractivity contribution in [2.75, 3.05) is 14.2 Å². The van der Waals surface area contributed by atoms with Gasteiger partial charge in [-0.25, -0.2) is 4.79 Å². The van der Waals surface area contributed by atoms with E-state index in [1.807, 2.05) is 6.07 Å². The first-order valence-electron chi connectivity index (χ1n) is 9.49. The highest BCUT2D eigenvalue weighted by Crippen LogP contribution is 2.29. The highest BCUT2D eigenvalue weighted by atomic mass is 35.8. The number of halogens is 3. The van der Waals surface area contributed by atoms with Crippen LogP contribution in [-0.2, 0) is 4.79 Å². The number of carbonyl (C=O) groups is 1. The molecular formula is C20H29Cl3O4Si. The van der Waals surface area contributed by atoms with Gasteiger partial charge in [0.25, 0.3) is 0 Å². The van der Waals surface area contributed by atoms with E-state index >= 15 is 0 Å². The fourth-order valence-electron chi connectivity index (χ4n) is 2.91. The van der Waals surface area contributed by atoms with Gasteiger partial charge >= 0.3 is 12.0 Å². The summed E-state index contributed by atoms with van der Waals surface area (Å²) in [6, 6.07) is 3.63. The number of hydrogen-bond acceptors (Lipinski definition) is 3. The Hall–Kier alpha value is -0.883. The SMILES string of the molecule is COc1ccc(/C=C(\CCCCCCCCC[Si](Cl)(Cl)Cl)C(=O)O)cc1OC. The minimum absolute atomic E-state index is 0.403. The third-order valence-electron chi connectivity index (χ3n) is 4.43. The molecule has 0 bridgehead atoms. The summed E-state index contributed by atoms with van der Waals surface area (Å²) >= 11 is 17.6. The summed E-state index contributed by atoms with van der Waals surface area (Å²) < 4.78 is 10.5.